The SMILES string of the molecule is CCCCNC(=O)c1ccccc1NC(=O)[C@H](C)Oc1ccccc1. The largest absolute Gasteiger partial charge is 0.481 e. The van der Waals surface area contributed by atoms with Crippen LogP contribution in [0.4, 0.5) is 5.69 Å². The second-order valence-electron chi connectivity index (χ2n) is 5.72. The molecule has 0 fully saturated rings. The van der Waals surface area contributed by atoms with Crippen LogP contribution in [0, 0.1) is 0 Å². The fourth-order valence-corrected chi connectivity index (χ4v) is 2.26. The molecular formula is C20H24N2O3. The maximum atomic E-state index is 12.4. The van der Waals surface area contributed by atoms with E-state index in [4.69, 9.17) is 4.74 Å². The van der Waals surface area contributed by atoms with E-state index in [1.165, 1.54) is 0 Å². The first-order chi connectivity index (χ1) is 12.1. The molecule has 2 aromatic rings. The van der Waals surface area contributed by atoms with Gasteiger partial charge in [-0.25, -0.2) is 0 Å². The van der Waals surface area contributed by atoms with Crippen molar-refractivity contribution in [2.24, 2.45) is 0 Å². The molecule has 2 aromatic carbocycles. The van der Waals surface area contributed by atoms with Crippen LogP contribution >= 0.6 is 0 Å². The van der Waals surface area contributed by atoms with Crippen molar-refractivity contribution in [1.82, 2.24) is 5.32 Å². The fraction of sp³-hybridized carbons (Fsp3) is 0.300. The summed E-state index contributed by atoms with van der Waals surface area (Å²) < 4.78 is 5.62. The van der Waals surface area contributed by atoms with Gasteiger partial charge in [0, 0.05) is 6.54 Å². The maximum absolute atomic E-state index is 12.4. The molecule has 0 aliphatic heterocycles. The van der Waals surface area contributed by atoms with Gasteiger partial charge in [-0.05, 0) is 37.6 Å². The lowest BCUT2D eigenvalue weighted by molar-refractivity contribution is -0.122. The number of para-hydroxylation sites is 2. The number of hydrogen-bond acceptors (Lipinski definition) is 3. The smallest absolute Gasteiger partial charge is 0.265 e. The Kier molecular flexibility index (Phi) is 7.01. The van der Waals surface area contributed by atoms with Crippen molar-refractivity contribution in [1.29, 1.82) is 0 Å². The number of unbranched alkanes of at least 4 members (excludes halogenated alkanes) is 1. The van der Waals surface area contributed by atoms with Gasteiger partial charge in [0.25, 0.3) is 11.8 Å². The molecule has 2 rings (SSSR count). The van der Waals surface area contributed by atoms with Gasteiger partial charge < -0.3 is 15.4 Å². The van der Waals surface area contributed by atoms with Crippen molar-refractivity contribution in [2.75, 3.05) is 11.9 Å². The minimum absolute atomic E-state index is 0.194. The number of carbonyl (C=O) groups excluding carboxylic acids is 2. The number of ether oxygens (including phenoxy) is 1. The normalized spacial score (nSPS) is 11.4. The van der Waals surface area contributed by atoms with Gasteiger partial charge in [-0.3, -0.25) is 9.59 Å². The molecule has 5 nitrogen and oxygen atoms in total. The highest BCUT2D eigenvalue weighted by Crippen LogP contribution is 2.17. The molecule has 0 saturated carbocycles. The van der Waals surface area contributed by atoms with Crippen LogP contribution in [0.15, 0.2) is 54.6 Å². The Morgan fingerprint density at radius 3 is 2.44 bits per heavy atom. The lowest BCUT2D eigenvalue weighted by atomic mass is 10.1. The summed E-state index contributed by atoms with van der Waals surface area (Å²) in [5, 5.41) is 5.64. The molecule has 0 unspecified atom stereocenters. The van der Waals surface area contributed by atoms with Crippen molar-refractivity contribution >= 4 is 17.5 Å². The predicted octanol–water partition coefficient (Wildman–Crippen LogP) is 3.62. The van der Waals surface area contributed by atoms with E-state index < -0.39 is 6.10 Å². The van der Waals surface area contributed by atoms with Crippen LogP contribution in [-0.4, -0.2) is 24.5 Å². The quantitative estimate of drug-likeness (QED) is 0.721. The molecule has 0 bridgehead atoms. The van der Waals surface area contributed by atoms with E-state index >= 15 is 0 Å². The zero-order valence-electron chi connectivity index (χ0n) is 14.6. The average molecular weight is 340 g/mol. The molecule has 0 heterocycles. The highest BCUT2D eigenvalue weighted by atomic mass is 16.5. The summed E-state index contributed by atoms with van der Waals surface area (Å²) in [6.07, 6.45) is 1.24. The summed E-state index contributed by atoms with van der Waals surface area (Å²) in [5.74, 6) is 0.120. The van der Waals surface area contributed by atoms with Crippen LogP contribution in [-0.2, 0) is 4.79 Å². The molecule has 132 valence electrons. The Bertz CT molecular complexity index is 701. The first-order valence-corrected chi connectivity index (χ1v) is 8.51. The topological polar surface area (TPSA) is 67.4 Å². The molecule has 0 aromatic heterocycles. The van der Waals surface area contributed by atoms with E-state index in [0.29, 0.717) is 23.5 Å². The molecule has 0 radical (unpaired) electrons. The van der Waals surface area contributed by atoms with Gasteiger partial charge in [-0.1, -0.05) is 43.7 Å². The van der Waals surface area contributed by atoms with Gasteiger partial charge in [-0.2, -0.15) is 0 Å². The third kappa shape index (κ3) is 5.64. The Hall–Kier alpha value is -2.82. The molecule has 5 heteroatoms. The number of hydrogen-bond donors (Lipinski definition) is 2. The number of nitrogens with one attached hydrogen (secondary N) is 2. The van der Waals surface area contributed by atoms with Crippen LogP contribution in [0.2, 0.25) is 0 Å². The molecule has 0 aliphatic carbocycles. The Balaban J connectivity index is 2.01. The molecule has 0 saturated heterocycles. The number of benzene rings is 2. The van der Waals surface area contributed by atoms with Gasteiger partial charge in [0.1, 0.15) is 5.75 Å². The summed E-state index contributed by atoms with van der Waals surface area (Å²) in [5.41, 5.74) is 0.920. The van der Waals surface area contributed by atoms with Crippen LogP contribution in [0.3, 0.4) is 0 Å². The molecule has 2 amide bonds. The molecule has 25 heavy (non-hydrogen) atoms. The number of rotatable bonds is 8. The van der Waals surface area contributed by atoms with E-state index in [9.17, 15) is 9.59 Å². The van der Waals surface area contributed by atoms with Crippen molar-refractivity contribution in [3.05, 3.63) is 60.2 Å². The molecular weight excluding hydrogens is 316 g/mol. The highest BCUT2D eigenvalue weighted by molar-refractivity contribution is 6.04. The minimum Gasteiger partial charge on any atom is -0.481 e. The molecule has 2 N–H and O–H groups in total. The average Bonchev–Trinajstić information content (AvgIpc) is 2.63. The van der Waals surface area contributed by atoms with Crippen LogP contribution in [0.1, 0.15) is 37.0 Å². The van der Waals surface area contributed by atoms with Gasteiger partial charge in [0.2, 0.25) is 0 Å². The third-order valence-corrected chi connectivity index (χ3v) is 3.67. The monoisotopic (exact) mass is 340 g/mol. The third-order valence-electron chi connectivity index (χ3n) is 3.67. The van der Waals surface area contributed by atoms with E-state index in [1.807, 2.05) is 18.2 Å². The number of amides is 2. The standard InChI is InChI=1S/C20H24N2O3/c1-3-4-14-21-20(24)17-12-8-9-13-18(17)22-19(23)15(2)25-16-10-6-5-7-11-16/h5-13,15H,3-4,14H2,1-2H3,(H,21,24)(H,22,23)/t15-/m0/s1. The fourth-order valence-electron chi connectivity index (χ4n) is 2.26. The summed E-state index contributed by atoms with van der Waals surface area (Å²) in [7, 11) is 0. The predicted molar refractivity (Wildman–Crippen MR) is 98.8 cm³/mol. The van der Waals surface area contributed by atoms with Gasteiger partial charge in [0.15, 0.2) is 6.10 Å². The van der Waals surface area contributed by atoms with E-state index in [-0.39, 0.29) is 11.8 Å². The summed E-state index contributed by atoms with van der Waals surface area (Å²) in [4.78, 5) is 24.7. The van der Waals surface area contributed by atoms with Gasteiger partial charge in [0.05, 0.1) is 11.3 Å². The van der Waals surface area contributed by atoms with E-state index in [1.54, 1.807) is 43.3 Å². The number of anilines is 1. The number of carbonyl (C=O) groups is 2. The van der Waals surface area contributed by atoms with Crippen molar-refractivity contribution in [3.63, 3.8) is 0 Å². The molecule has 0 spiro atoms. The second-order valence-corrected chi connectivity index (χ2v) is 5.72. The Labute approximate surface area is 148 Å². The lowest BCUT2D eigenvalue weighted by Gasteiger charge is -2.16. The van der Waals surface area contributed by atoms with E-state index in [2.05, 4.69) is 17.6 Å². The second kappa shape index (κ2) is 9.47. The first-order valence-electron chi connectivity index (χ1n) is 8.51. The lowest BCUT2D eigenvalue weighted by Crippen LogP contribution is -2.32. The summed E-state index contributed by atoms with van der Waals surface area (Å²) in [6, 6.07) is 16.1. The minimum atomic E-state index is -0.682. The van der Waals surface area contributed by atoms with Crippen molar-refractivity contribution < 1.29 is 14.3 Å². The zero-order chi connectivity index (χ0) is 18.1. The van der Waals surface area contributed by atoms with E-state index in [0.717, 1.165) is 12.8 Å². The van der Waals surface area contributed by atoms with Crippen LogP contribution in [0.5, 0.6) is 5.75 Å². The Morgan fingerprint density at radius 1 is 1.04 bits per heavy atom. The molecule has 1 atom stereocenters. The van der Waals surface area contributed by atoms with Crippen molar-refractivity contribution in [2.45, 2.75) is 32.8 Å². The summed E-state index contributed by atoms with van der Waals surface area (Å²) in [6.45, 7) is 4.35. The van der Waals surface area contributed by atoms with Crippen LogP contribution < -0.4 is 15.4 Å². The van der Waals surface area contributed by atoms with Crippen molar-refractivity contribution in [3.8, 4) is 5.75 Å². The van der Waals surface area contributed by atoms with Gasteiger partial charge >= 0.3 is 0 Å². The highest BCUT2D eigenvalue weighted by Gasteiger charge is 2.18. The zero-order valence-corrected chi connectivity index (χ0v) is 14.6. The van der Waals surface area contributed by atoms with Gasteiger partial charge in [-0.15, -0.1) is 0 Å². The molecule has 0 aliphatic rings. The van der Waals surface area contributed by atoms with Crippen LogP contribution in [0.25, 0.3) is 0 Å². The Morgan fingerprint density at radius 2 is 1.72 bits per heavy atom. The maximum Gasteiger partial charge on any atom is 0.265 e. The first kappa shape index (κ1) is 18.5. The summed E-state index contributed by atoms with van der Waals surface area (Å²) >= 11 is 0.